The van der Waals surface area contributed by atoms with Gasteiger partial charge in [0.15, 0.2) is 0 Å². The molecule has 0 nitrogen and oxygen atoms in total. The summed E-state index contributed by atoms with van der Waals surface area (Å²) in [6, 6.07) is 34.6. The van der Waals surface area contributed by atoms with Crippen molar-refractivity contribution in [1.82, 2.24) is 0 Å². The molecule has 0 spiro atoms. The first-order valence-corrected chi connectivity index (χ1v) is 18.1. The van der Waals surface area contributed by atoms with E-state index in [1.807, 2.05) is 0 Å². The largest absolute Gasteiger partial charge is 0.0776 e. The first kappa shape index (κ1) is 38.1. The molecule has 252 valence electrons. The molecule has 4 atom stereocenters. The predicted molar refractivity (Wildman–Crippen MR) is 212 cm³/mol. The third kappa shape index (κ3) is 10.8. The molecule has 4 unspecified atom stereocenters. The fraction of sp³-hybridized carbons (Fsp3) is 0.447. The Morgan fingerprint density at radius 2 is 0.957 bits per heavy atom. The Balaban J connectivity index is 0.000000170. The van der Waals surface area contributed by atoms with Crippen LogP contribution in [0.2, 0.25) is 0 Å². The minimum absolute atomic E-state index is 0. The zero-order valence-electron chi connectivity index (χ0n) is 30.2. The zero-order chi connectivity index (χ0) is 33.1. The second kappa shape index (κ2) is 18.8. The summed E-state index contributed by atoms with van der Waals surface area (Å²) in [6.07, 6.45) is 11.6. The van der Waals surface area contributed by atoms with Gasteiger partial charge in [-0.15, -0.1) is 0 Å². The molecule has 0 heteroatoms. The fourth-order valence-electron chi connectivity index (χ4n) is 7.76. The van der Waals surface area contributed by atoms with Gasteiger partial charge in [-0.25, -0.2) is 0 Å². The van der Waals surface area contributed by atoms with Gasteiger partial charge >= 0.3 is 0 Å². The van der Waals surface area contributed by atoms with Gasteiger partial charge in [0.2, 0.25) is 0 Å². The maximum Gasteiger partial charge on any atom is -0.0152 e. The van der Waals surface area contributed by atoms with Crippen LogP contribution in [0.4, 0.5) is 0 Å². The number of hydrogen-bond acceptors (Lipinski definition) is 0. The van der Waals surface area contributed by atoms with Gasteiger partial charge < -0.3 is 0 Å². The second-order valence-electron chi connectivity index (χ2n) is 14.4. The summed E-state index contributed by atoms with van der Waals surface area (Å²) in [5.41, 5.74) is 8.25. The Kier molecular flexibility index (Phi) is 15.3. The first-order chi connectivity index (χ1) is 22.2. The normalized spacial score (nSPS) is 19.8. The van der Waals surface area contributed by atoms with Crippen LogP contribution in [0, 0.1) is 58.3 Å². The molecular formula is C47H64. The highest BCUT2D eigenvalue weighted by molar-refractivity contribution is 5.88. The highest BCUT2D eigenvalue weighted by Crippen LogP contribution is 2.46. The van der Waals surface area contributed by atoms with Gasteiger partial charge in [0.05, 0.1) is 0 Å². The molecule has 0 heterocycles. The van der Waals surface area contributed by atoms with E-state index in [4.69, 9.17) is 0 Å². The van der Waals surface area contributed by atoms with Crippen LogP contribution in [0.15, 0.2) is 97.1 Å². The predicted octanol–water partition coefficient (Wildman–Crippen LogP) is 14.4. The number of hydrogen-bond donors (Lipinski definition) is 0. The van der Waals surface area contributed by atoms with E-state index in [1.165, 1.54) is 106 Å². The molecule has 7 rings (SSSR count). The molecule has 5 aromatic carbocycles. The lowest BCUT2D eigenvalue weighted by Crippen LogP contribution is -2.34. The van der Waals surface area contributed by atoms with Crippen molar-refractivity contribution < 1.29 is 0 Å². The summed E-state index contributed by atoms with van der Waals surface area (Å²) in [4.78, 5) is 0. The monoisotopic (exact) mass is 629 g/mol. The molecule has 5 aromatic rings. The summed E-state index contributed by atoms with van der Waals surface area (Å²) in [6.45, 7) is 17.9. The first-order valence-electron chi connectivity index (χ1n) is 18.1. The molecule has 0 bridgehead atoms. The van der Waals surface area contributed by atoms with Crippen molar-refractivity contribution in [3.05, 3.63) is 130 Å². The quantitative estimate of drug-likeness (QED) is 0.182. The van der Waals surface area contributed by atoms with Crippen molar-refractivity contribution in [3.8, 4) is 0 Å². The highest BCUT2D eigenvalue weighted by Gasteiger charge is 2.36. The van der Waals surface area contributed by atoms with Crippen LogP contribution in [0.1, 0.15) is 107 Å². The van der Waals surface area contributed by atoms with Crippen molar-refractivity contribution in [1.29, 1.82) is 0 Å². The average Bonchev–Trinajstić information content (AvgIpc) is 3.05. The van der Waals surface area contributed by atoms with E-state index in [-0.39, 0.29) is 7.43 Å². The average molecular weight is 629 g/mol. The lowest BCUT2D eigenvalue weighted by Gasteiger charge is -2.43. The Bertz CT molecular complexity index is 1540. The Morgan fingerprint density at radius 3 is 1.38 bits per heavy atom. The minimum atomic E-state index is 0. The van der Waals surface area contributed by atoms with Gasteiger partial charge in [0.25, 0.3) is 0 Å². The molecular weight excluding hydrogens is 565 g/mol. The Hall–Kier alpha value is -3.38. The number of fused-ring (bicyclic) bond motifs is 3. The summed E-state index contributed by atoms with van der Waals surface area (Å²) < 4.78 is 0. The maximum absolute atomic E-state index is 2.48. The van der Waals surface area contributed by atoms with Crippen molar-refractivity contribution in [2.24, 2.45) is 23.7 Å². The number of rotatable bonds is 2. The summed E-state index contributed by atoms with van der Waals surface area (Å²) in [7, 11) is 0. The van der Waals surface area contributed by atoms with Gasteiger partial charge in [-0.05, 0) is 127 Å². The Morgan fingerprint density at radius 1 is 0.511 bits per heavy atom. The van der Waals surface area contributed by atoms with Gasteiger partial charge in [-0.3, -0.25) is 0 Å². The molecule has 0 amide bonds. The van der Waals surface area contributed by atoms with E-state index in [9.17, 15) is 0 Å². The third-order valence-corrected chi connectivity index (χ3v) is 10.8. The third-order valence-electron chi connectivity index (χ3n) is 10.8. The van der Waals surface area contributed by atoms with E-state index in [2.05, 4.69) is 152 Å². The molecule has 0 aromatic heterocycles. The summed E-state index contributed by atoms with van der Waals surface area (Å²) in [5.74, 6) is 4.27. The number of benzene rings is 5. The summed E-state index contributed by atoms with van der Waals surface area (Å²) in [5, 5.41) is 5.41. The molecule has 47 heavy (non-hydrogen) atoms. The van der Waals surface area contributed by atoms with Gasteiger partial charge in [0.1, 0.15) is 0 Å². The second-order valence-corrected chi connectivity index (χ2v) is 14.4. The van der Waals surface area contributed by atoms with Crippen LogP contribution in [-0.4, -0.2) is 0 Å². The number of aryl methyl sites for hydroxylation is 6. The van der Waals surface area contributed by atoms with Gasteiger partial charge in [-0.2, -0.15) is 0 Å². The van der Waals surface area contributed by atoms with E-state index >= 15 is 0 Å². The SMILES string of the molecule is C.CC1CCCC2C(C)CCCC12.CCCc1ccc(C)cc1.Cc1cc2ccccc2cc1C.Cc1cccc2c(C)cccc12. The van der Waals surface area contributed by atoms with Crippen LogP contribution in [0.3, 0.4) is 0 Å². The minimum Gasteiger partial charge on any atom is -0.0776 e. The smallest absolute Gasteiger partial charge is 0.0152 e. The maximum atomic E-state index is 2.48. The van der Waals surface area contributed by atoms with E-state index in [1.54, 1.807) is 0 Å². The molecule has 0 saturated heterocycles. The van der Waals surface area contributed by atoms with Crippen molar-refractivity contribution in [3.63, 3.8) is 0 Å². The molecule has 0 radical (unpaired) electrons. The standard InChI is InChI=1S/C12H22.2C12H12.C10H14.CH4/c2*1-9-5-3-8-12-10(2)6-4-7-11(9)12;1-9-7-11-5-3-4-6-12(11)8-10(9)2;1-3-4-10-7-5-9(2)6-8-10;/h9-12H,3-8H2,1-2H3;2*3-8H,1-2H3;5-8H,3-4H2,1-2H3;1H4. The van der Waals surface area contributed by atoms with Crippen LogP contribution >= 0.6 is 0 Å². The highest BCUT2D eigenvalue weighted by atomic mass is 14.4. The summed E-state index contributed by atoms with van der Waals surface area (Å²) >= 11 is 0. The molecule has 0 aliphatic heterocycles. The van der Waals surface area contributed by atoms with E-state index in [0.717, 1.165) is 23.7 Å². The van der Waals surface area contributed by atoms with Crippen molar-refractivity contribution in [2.75, 3.05) is 0 Å². The van der Waals surface area contributed by atoms with E-state index < -0.39 is 0 Å². The van der Waals surface area contributed by atoms with Crippen LogP contribution in [0.25, 0.3) is 21.5 Å². The van der Waals surface area contributed by atoms with Crippen molar-refractivity contribution >= 4 is 21.5 Å². The van der Waals surface area contributed by atoms with E-state index in [0.29, 0.717) is 0 Å². The molecule has 2 aliphatic rings. The molecule has 2 fully saturated rings. The Labute approximate surface area is 289 Å². The van der Waals surface area contributed by atoms with Crippen molar-refractivity contribution in [2.45, 2.75) is 114 Å². The zero-order valence-corrected chi connectivity index (χ0v) is 30.2. The van der Waals surface area contributed by atoms with Crippen LogP contribution < -0.4 is 0 Å². The fourth-order valence-corrected chi connectivity index (χ4v) is 7.76. The molecule has 0 N–H and O–H groups in total. The molecule has 2 saturated carbocycles. The van der Waals surface area contributed by atoms with Crippen LogP contribution in [0.5, 0.6) is 0 Å². The van der Waals surface area contributed by atoms with Gasteiger partial charge in [-0.1, -0.05) is 163 Å². The molecule has 2 aliphatic carbocycles. The van der Waals surface area contributed by atoms with Gasteiger partial charge in [0, 0.05) is 0 Å². The van der Waals surface area contributed by atoms with Crippen LogP contribution in [-0.2, 0) is 6.42 Å². The topological polar surface area (TPSA) is 0 Å². The lowest BCUT2D eigenvalue weighted by molar-refractivity contribution is 0.0702. The lowest BCUT2D eigenvalue weighted by atomic mass is 9.62.